The Labute approximate surface area is 86.9 Å². The number of carbonyl (C=O) groups excluding carboxylic acids is 2. The standard InChI is InChI=1S/C7H11N3O4S/c1-15(13,14)10-3-2-7(4-10)5(11)8-6(12)9-7/h2-4H2,1H3,(H2,8,9,11,12). The number of rotatable bonds is 1. The molecule has 2 fully saturated rings. The lowest BCUT2D eigenvalue weighted by molar-refractivity contribution is -0.123. The summed E-state index contributed by atoms with van der Waals surface area (Å²) in [6.07, 6.45) is 1.40. The molecule has 8 heteroatoms. The van der Waals surface area contributed by atoms with E-state index in [0.717, 1.165) is 6.26 Å². The van der Waals surface area contributed by atoms with Crippen molar-refractivity contribution in [3.05, 3.63) is 0 Å². The first-order chi connectivity index (χ1) is 6.83. The zero-order valence-electron chi connectivity index (χ0n) is 8.11. The molecule has 2 rings (SSSR count). The van der Waals surface area contributed by atoms with Gasteiger partial charge in [-0.05, 0) is 6.42 Å². The fraction of sp³-hybridized carbons (Fsp3) is 0.714. The van der Waals surface area contributed by atoms with Crippen molar-refractivity contribution in [1.29, 1.82) is 0 Å². The lowest BCUT2D eigenvalue weighted by atomic mass is 10.00. The van der Waals surface area contributed by atoms with Crippen LogP contribution in [0, 0.1) is 0 Å². The summed E-state index contributed by atoms with van der Waals surface area (Å²) in [6.45, 7) is 0.274. The van der Waals surface area contributed by atoms with E-state index in [4.69, 9.17) is 0 Å². The first kappa shape index (κ1) is 10.4. The van der Waals surface area contributed by atoms with Crippen LogP contribution >= 0.6 is 0 Å². The van der Waals surface area contributed by atoms with Gasteiger partial charge in [0.2, 0.25) is 10.0 Å². The van der Waals surface area contributed by atoms with E-state index in [1.807, 2.05) is 0 Å². The molecule has 2 N–H and O–H groups in total. The predicted molar refractivity (Wildman–Crippen MR) is 50.4 cm³/mol. The summed E-state index contributed by atoms with van der Waals surface area (Å²) in [4.78, 5) is 22.4. The SMILES string of the molecule is CS(=O)(=O)N1CCC2(C1)NC(=O)NC2=O. The number of sulfonamides is 1. The Balaban J connectivity index is 2.23. The van der Waals surface area contributed by atoms with E-state index in [-0.39, 0.29) is 13.1 Å². The minimum atomic E-state index is -3.30. The number of amides is 3. The van der Waals surface area contributed by atoms with Crippen molar-refractivity contribution in [2.24, 2.45) is 0 Å². The number of nitrogens with one attached hydrogen (secondary N) is 2. The summed E-state index contributed by atoms with van der Waals surface area (Å²) >= 11 is 0. The van der Waals surface area contributed by atoms with Crippen LogP contribution in [-0.4, -0.2) is 49.5 Å². The van der Waals surface area contributed by atoms with Gasteiger partial charge in [-0.15, -0.1) is 0 Å². The number of imide groups is 1. The van der Waals surface area contributed by atoms with Crippen molar-refractivity contribution >= 4 is 22.0 Å². The summed E-state index contributed by atoms with van der Waals surface area (Å²) in [5.41, 5.74) is -1.06. The molecule has 0 bridgehead atoms. The third-order valence-corrected chi connectivity index (χ3v) is 3.97. The maximum Gasteiger partial charge on any atom is 0.322 e. The molecule has 0 aromatic carbocycles. The van der Waals surface area contributed by atoms with Crippen LogP contribution in [0.2, 0.25) is 0 Å². The predicted octanol–water partition coefficient (Wildman–Crippen LogP) is -1.77. The highest BCUT2D eigenvalue weighted by atomic mass is 32.2. The van der Waals surface area contributed by atoms with Crippen LogP contribution in [0.15, 0.2) is 0 Å². The molecule has 7 nitrogen and oxygen atoms in total. The van der Waals surface area contributed by atoms with Gasteiger partial charge in [-0.2, -0.15) is 4.31 Å². The average molecular weight is 233 g/mol. The molecule has 1 spiro atoms. The Hall–Kier alpha value is -1.15. The smallest absolute Gasteiger partial charge is 0.322 e. The third kappa shape index (κ3) is 1.59. The highest BCUT2D eigenvalue weighted by Crippen LogP contribution is 2.25. The molecule has 0 aromatic rings. The second-order valence-corrected chi connectivity index (χ2v) is 5.82. The topological polar surface area (TPSA) is 95.6 Å². The minimum Gasteiger partial charge on any atom is -0.322 e. The zero-order valence-corrected chi connectivity index (χ0v) is 8.93. The second kappa shape index (κ2) is 2.92. The van der Waals surface area contributed by atoms with Crippen LogP contribution in [0.25, 0.3) is 0 Å². The first-order valence-electron chi connectivity index (χ1n) is 4.42. The Morgan fingerprint density at radius 3 is 2.47 bits per heavy atom. The Morgan fingerprint density at radius 2 is 2.07 bits per heavy atom. The van der Waals surface area contributed by atoms with Gasteiger partial charge in [0, 0.05) is 13.1 Å². The monoisotopic (exact) mass is 233 g/mol. The van der Waals surface area contributed by atoms with Crippen molar-refractivity contribution < 1.29 is 18.0 Å². The minimum absolute atomic E-state index is 0.0173. The Morgan fingerprint density at radius 1 is 1.40 bits per heavy atom. The number of hydrogen-bond acceptors (Lipinski definition) is 4. The quantitative estimate of drug-likeness (QED) is 0.524. The number of carbonyl (C=O) groups is 2. The van der Waals surface area contributed by atoms with E-state index in [9.17, 15) is 18.0 Å². The fourth-order valence-electron chi connectivity index (χ4n) is 1.87. The van der Waals surface area contributed by atoms with Crippen LogP contribution in [-0.2, 0) is 14.8 Å². The highest BCUT2D eigenvalue weighted by Gasteiger charge is 2.52. The molecule has 2 aliphatic heterocycles. The normalized spacial score (nSPS) is 32.1. The van der Waals surface area contributed by atoms with E-state index in [2.05, 4.69) is 10.6 Å². The molecule has 2 aliphatic rings. The van der Waals surface area contributed by atoms with Gasteiger partial charge in [-0.1, -0.05) is 0 Å². The first-order valence-corrected chi connectivity index (χ1v) is 6.27. The van der Waals surface area contributed by atoms with Crippen molar-refractivity contribution in [1.82, 2.24) is 14.9 Å². The molecule has 3 amide bonds. The zero-order chi connectivity index (χ0) is 11.3. The summed E-state index contributed by atoms with van der Waals surface area (Å²) in [7, 11) is -3.30. The molecular weight excluding hydrogens is 222 g/mol. The molecule has 2 heterocycles. The van der Waals surface area contributed by atoms with Crippen LogP contribution in [0.5, 0.6) is 0 Å². The molecule has 84 valence electrons. The average Bonchev–Trinajstić information content (AvgIpc) is 2.58. The molecule has 0 aromatic heterocycles. The summed E-state index contributed by atoms with van der Waals surface area (Å²) in [6, 6.07) is -0.560. The van der Waals surface area contributed by atoms with Gasteiger partial charge in [0.1, 0.15) is 5.54 Å². The number of hydrogen-bond donors (Lipinski definition) is 2. The second-order valence-electron chi connectivity index (χ2n) is 3.84. The van der Waals surface area contributed by atoms with E-state index < -0.39 is 27.5 Å². The maximum absolute atomic E-state index is 11.5. The van der Waals surface area contributed by atoms with Crippen molar-refractivity contribution in [2.75, 3.05) is 19.3 Å². The summed E-state index contributed by atoms with van der Waals surface area (Å²) < 4.78 is 23.7. The van der Waals surface area contributed by atoms with Crippen LogP contribution < -0.4 is 10.6 Å². The number of urea groups is 1. The molecule has 15 heavy (non-hydrogen) atoms. The lowest BCUT2D eigenvalue weighted by Gasteiger charge is -2.19. The number of nitrogens with zero attached hydrogens (tertiary/aromatic N) is 1. The molecule has 1 atom stereocenters. The molecule has 2 saturated heterocycles. The van der Waals surface area contributed by atoms with Gasteiger partial charge in [0.05, 0.1) is 6.26 Å². The van der Waals surface area contributed by atoms with Crippen LogP contribution in [0.1, 0.15) is 6.42 Å². The van der Waals surface area contributed by atoms with Crippen molar-refractivity contribution in [3.8, 4) is 0 Å². The molecule has 0 saturated carbocycles. The van der Waals surface area contributed by atoms with Crippen LogP contribution in [0.4, 0.5) is 4.79 Å². The largest absolute Gasteiger partial charge is 0.322 e. The van der Waals surface area contributed by atoms with Gasteiger partial charge in [-0.3, -0.25) is 10.1 Å². The van der Waals surface area contributed by atoms with Crippen molar-refractivity contribution in [2.45, 2.75) is 12.0 Å². The van der Waals surface area contributed by atoms with E-state index >= 15 is 0 Å². The Bertz CT molecular complexity index is 432. The van der Waals surface area contributed by atoms with Gasteiger partial charge >= 0.3 is 6.03 Å². The fourth-order valence-corrected chi connectivity index (χ4v) is 2.75. The van der Waals surface area contributed by atoms with Crippen LogP contribution in [0.3, 0.4) is 0 Å². The van der Waals surface area contributed by atoms with E-state index in [1.54, 1.807) is 0 Å². The van der Waals surface area contributed by atoms with Gasteiger partial charge < -0.3 is 5.32 Å². The molecule has 0 aliphatic carbocycles. The summed E-state index contributed by atoms with van der Waals surface area (Å²) in [5, 5.41) is 4.59. The van der Waals surface area contributed by atoms with Crippen molar-refractivity contribution in [3.63, 3.8) is 0 Å². The van der Waals surface area contributed by atoms with Gasteiger partial charge in [0.25, 0.3) is 5.91 Å². The van der Waals surface area contributed by atoms with E-state index in [0.29, 0.717) is 6.42 Å². The maximum atomic E-state index is 11.5. The van der Waals surface area contributed by atoms with E-state index in [1.165, 1.54) is 4.31 Å². The molecule has 1 unspecified atom stereocenters. The van der Waals surface area contributed by atoms with Gasteiger partial charge in [-0.25, -0.2) is 13.2 Å². The Kier molecular flexibility index (Phi) is 2.02. The molecule has 0 radical (unpaired) electrons. The molecular formula is C7H11N3O4S. The highest BCUT2D eigenvalue weighted by molar-refractivity contribution is 7.88. The van der Waals surface area contributed by atoms with Gasteiger partial charge in [0.15, 0.2) is 0 Å². The summed E-state index contributed by atoms with van der Waals surface area (Å²) in [5.74, 6) is -0.446. The lowest BCUT2D eigenvalue weighted by Crippen LogP contribution is -2.49. The third-order valence-electron chi connectivity index (χ3n) is 2.72.